The SMILES string of the molecule is Nc1nc(-c2ccc(N3CCC(N4CCNCC4)CC3)cc2)c2nc(N)[nH]c2n1. The third-order valence-electron chi connectivity index (χ3n) is 6.02. The zero-order valence-corrected chi connectivity index (χ0v) is 16.4. The topological polar surface area (TPSA) is 125 Å². The van der Waals surface area contributed by atoms with Gasteiger partial charge >= 0.3 is 0 Å². The van der Waals surface area contributed by atoms with Gasteiger partial charge in [0.15, 0.2) is 11.6 Å². The molecule has 2 aliphatic rings. The lowest BCUT2D eigenvalue weighted by atomic mass is 10.0. The standard InChI is InChI=1S/C20H27N9/c21-19-24-16(17-18(26-19)27-20(22)25-17)13-1-3-14(4-2-13)28-9-5-15(6-10-28)29-11-7-23-8-12-29/h1-4,15,23H,5-12H2,(H5,21,22,24,25,26,27). The van der Waals surface area contributed by atoms with E-state index in [0.29, 0.717) is 22.8 Å². The largest absolute Gasteiger partial charge is 0.371 e. The van der Waals surface area contributed by atoms with Gasteiger partial charge in [-0.25, -0.2) is 9.97 Å². The minimum atomic E-state index is 0.204. The number of nitrogens with one attached hydrogen (secondary N) is 2. The molecule has 2 saturated heterocycles. The summed E-state index contributed by atoms with van der Waals surface area (Å²) in [5.74, 6) is 0.514. The predicted octanol–water partition coefficient (Wildman–Crippen LogP) is 1.06. The Morgan fingerprint density at radius 2 is 1.62 bits per heavy atom. The van der Waals surface area contributed by atoms with Crippen LogP contribution in [0.4, 0.5) is 17.6 Å². The molecule has 4 heterocycles. The van der Waals surface area contributed by atoms with Crippen molar-refractivity contribution in [3.05, 3.63) is 24.3 Å². The summed E-state index contributed by atoms with van der Waals surface area (Å²) < 4.78 is 0. The van der Waals surface area contributed by atoms with Crippen LogP contribution in [0.5, 0.6) is 0 Å². The number of H-pyrrole nitrogens is 1. The Morgan fingerprint density at radius 1 is 0.897 bits per heavy atom. The fraction of sp³-hybridized carbons (Fsp3) is 0.450. The monoisotopic (exact) mass is 393 g/mol. The lowest BCUT2D eigenvalue weighted by Gasteiger charge is -2.41. The molecule has 2 aromatic heterocycles. The van der Waals surface area contributed by atoms with Crippen LogP contribution >= 0.6 is 0 Å². The van der Waals surface area contributed by atoms with E-state index in [1.54, 1.807) is 0 Å². The highest BCUT2D eigenvalue weighted by atomic mass is 15.2. The van der Waals surface area contributed by atoms with Gasteiger partial charge in [-0.15, -0.1) is 0 Å². The molecular weight excluding hydrogens is 366 g/mol. The summed E-state index contributed by atoms with van der Waals surface area (Å²) in [7, 11) is 0. The molecule has 0 spiro atoms. The molecule has 0 saturated carbocycles. The number of piperidine rings is 1. The van der Waals surface area contributed by atoms with Gasteiger partial charge in [-0.3, -0.25) is 4.90 Å². The van der Waals surface area contributed by atoms with E-state index in [1.807, 2.05) is 0 Å². The fourth-order valence-corrected chi connectivity index (χ4v) is 4.50. The molecule has 152 valence electrons. The molecule has 9 nitrogen and oxygen atoms in total. The van der Waals surface area contributed by atoms with Gasteiger partial charge in [0.05, 0.1) is 0 Å². The van der Waals surface area contributed by atoms with E-state index in [0.717, 1.165) is 37.8 Å². The first kappa shape index (κ1) is 18.1. The van der Waals surface area contributed by atoms with Gasteiger partial charge in [0.25, 0.3) is 0 Å². The van der Waals surface area contributed by atoms with Crippen molar-refractivity contribution in [2.45, 2.75) is 18.9 Å². The summed E-state index contributed by atoms with van der Waals surface area (Å²) >= 11 is 0. The number of fused-ring (bicyclic) bond motifs is 1. The second kappa shape index (κ2) is 7.49. The number of aromatic amines is 1. The number of nitrogen functional groups attached to an aromatic ring is 2. The van der Waals surface area contributed by atoms with Gasteiger partial charge in [-0.1, -0.05) is 12.1 Å². The molecule has 2 fully saturated rings. The lowest BCUT2D eigenvalue weighted by molar-refractivity contribution is 0.150. The predicted molar refractivity (Wildman–Crippen MR) is 116 cm³/mol. The van der Waals surface area contributed by atoms with E-state index in [9.17, 15) is 0 Å². The average Bonchev–Trinajstić information content (AvgIpc) is 3.14. The lowest BCUT2D eigenvalue weighted by Crippen LogP contribution is -2.52. The van der Waals surface area contributed by atoms with Gasteiger partial charge in [0.2, 0.25) is 5.95 Å². The van der Waals surface area contributed by atoms with Crippen LogP contribution in [0.1, 0.15) is 12.8 Å². The molecule has 5 rings (SSSR count). The van der Waals surface area contributed by atoms with E-state index in [1.165, 1.54) is 31.6 Å². The minimum Gasteiger partial charge on any atom is -0.371 e. The maximum atomic E-state index is 5.87. The van der Waals surface area contributed by atoms with E-state index in [4.69, 9.17) is 11.5 Å². The Balaban J connectivity index is 1.31. The second-order valence-electron chi connectivity index (χ2n) is 7.80. The number of nitrogens with two attached hydrogens (primary N) is 2. The maximum Gasteiger partial charge on any atom is 0.222 e. The highest BCUT2D eigenvalue weighted by Crippen LogP contribution is 2.29. The number of hydrogen-bond acceptors (Lipinski definition) is 8. The van der Waals surface area contributed by atoms with Crippen LogP contribution < -0.4 is 21.7 Å². The highest BCUT2D eigenvalue weighted by molar-refractivity contribution is 5.89. The molecule has 29 heavy (non-hydrogen) atoms. The van der Waals surface area contributed by atoms with Crippen molar-refractivity contribution in [1.82, 2.24) is 30.2 Å². The van der Waals surface area contributed by atoms with Crippen molar-refractivity contribution in [1.29, 1.82) is 0 Å². The Labute approximate surface area is 169 Å². The zero-order chi connectivity index (χ0) is 19.8. The molecule has 6 N–H and O–H groups in total. The number of rotatable bonds is 3. The molecule has 2 aliphatic heterocycles. The van der Waals surface area contributed by atoms with Gasteiger partial charge in [-0.2, -0.15) is 4.98 Å². The first-order chi connectivity index (χ1) is 14.2. The number of benzene rings is 1. The van der Waals surface area contributed by atoms with Crippen LogP contribution in [0, 0.1) is 0 Å². The third kappa shape index (κ3) is 3.58. The molecule has 0 bridgehead atoms. The number of hydrogen-bond donors (Lipinski definition) is 4. The van der Waals surface area contributed by atoms with Crippen LogP contribution in [0.15, 0.2) is 24.3 Å². The molecule has 0 radical (unpaired) electrons. The molecule has 0 unspecified atom stereocenters. The molecule has 0 aliphatic carbocycles. The van der Waals surface area contributed by atoms with Crippen molar-refractivity contribution in [3.8, 4) is 11.3 Å². The Kier molecular flexibility index (Phi) is 4.69. The zero-order valence-electron chi connectivity index (χ0n) is 16.4. The third-order valence-corrected chi connectivity index (χ3v) is 6.02. The smallest absolute Gasteiger partial charge is 0.222 e. The van der Waals surface area contributed by atoms with Gasteiger partial charge in [0, 0.05) is 56.6 Å². The summed E-state index contributed by atoms with van der Waals surface area (Å²) in [4.78, 5) is 20.9. The highest BCUT2D eigenvalue weighted by Gasteiger charge is 2.25. The first-order valence-corrected chi connectivity index (χ1v) is 10.3. The normalized spacial score (nSPS) is 19.1. The van der Waals surface area contributed by atoms with Crippen molar-refractivity contribution >= 4 is 28.7 Å². The van der Waals surface area contributed by atoms with Crippen LogP contribution in [0.2, 0.25) is 0 Å². The van der Waals surface area contributed by atoms with Crippen molar-refractivity contribution in [3.63, 3.8) is 0 Å². The summed E-state index contributed by atoms with van der Waals surface area (Å²) in [5, 5.41) is 3.44. The quantitative estimate of drug-likeness (QED) is 0.521. The number of nitrogens with zero attached hydrogens (tertiary/aromatic N) is 5. The van der Waals surface area contributed by atoms with E-state index in [2.05, 4.69) is 59.3 Å². The Morgan fingerprint density at radius 3 is 2.34 bits per heavy atom. The van der Waals surface area contributed by atoms with Gasteiger partial charge in [-0.05, 0) is 25.0 Å². The van der Waals surface area contributed by atoms with Crippen molar-refractivity contribution in [2.24, 2.45) is 0 Å². The van der Waals surface area contributed by atoms with Gasteiger partial charge < -0.3 is 26.7 Å². The number of aromatic nitrogens is 4. The molecule has 0 atom stereocenters. The summed E-state index contributed by atoms with van der Waals surface area (Å²) in [5.41, 5.74) is 15.7. The van der Waals surface area contributed by atoms with Crippen LogP contribution in [0.3, 0.4) is 0 Å². The van der Waals surface area contributed by atoms with E-state index < -0.39 is 0 Å². The van der Waals surface area contributed by atoms with Crippen LogP contribution in [0.25, 0.3) is 22.4 Å². The number of anilines is 3. The average molecular weight is 393 g/mol. The van der Waals surface area contributed by atoms with Crippen LogP contribution in [-0.4, -0.2) is 70.1 Å². The molecule has 1 aromatic carbocycles. The molecule has 9 heteroatoms. The molecule has 0 amide bonds. The molecule has 3 aromatic rings. The van der Waals surface area contributed by atoms with Crippen LogP contribution in [-0.2, 0) is 0 Å². The second-order valence-corrected chi connectivity index (χ2v) is 7.80. The number of imidazole rings is 1. The van der Waals surface area contributed by atoms with Crippen molar-refractivity contribution < 1.29 is 0 Å². The molecular formula is C20H27N9. The van der Waals surface area contributed by atoms with E-state index >= 15 is 0 Å². The number of piperazine rings is 1. The Hall–Kier alpha value is -2.91. The van der Waals surface area contributed by atoms with Gasteiger partial charge in [0.1, 0.15) is 11.2 Å². The summed E-state index contributed by atoms with van der Waals surface area (Å²) in [6.07, 6.45) is 2.44. The minimum absolute atomic E-state index is 0.204. The summed E-state index contributed by atoms with van der Waals surface area (Å²) in [6, 6.07) is 9.17. The fourth-order valence-electron chi connectivity index (χ4n) is 4.50. The van der Waals surface area contributed by atoms with E-state index in [-0.39, 0.29) is 5.95 Å². The Bertz CT molecular complexity index is 983. The maximum absolute atomic E-state index is 5.87. The summed E-state index contributed by atoms with van der Waals surface area (Å²) in [6.45, 7) is 6.76. The first-order valence-electron chi connectivity index (χ1n) is 10.3. The van der Waals surface area contributed by atoms with Crippen molar-refractivity contribution in [2.75, 3.05) is 55.6 Å².